The molecule has 0 aliphatic carbocycles. The van der Waals surface area contributed by atoms with Crippen molar-refractivity contribution in [2.45, 2.75) is 0 Å². The van der Waals surface area contributed by atoms with Gasteiger partial charge in [-0.2, -0.15) is 0 Å². The third-order valence-electron chi connectivity index (χ3n) is 2.28. The van der Waals surface area contributed by atoms with Gasteiger partial charge in [0.1, 0.15) is 5.69 Å². The molecule has 1 aliphatic rings. The van der Waals surface area contributed by atoms with Crippen molar-refractivity contribution in [3.8, 4) is 12.3 Å². The molecule has 3 nitrogen and oxygen atoms in total. The van der Waals surface area contributed by atoms with E-state index in [0.29, 0.717) is 0 Å². The van der Waals surface area contributed by atoms with Crippen molar-refractivity contribution in [2.24, 2.45) is 0 Å². The van der Waals surface area contributed by atoms with Crippen molar-refractivity contribution in [1.29, 1.82) is 0 Å². The zero-order valence-corrected chi connectivity index (χ0v) is 8.26. The highest BCUT2D eigenvalue weighted by molar-refractivity contribution is 6.01. The first-order valence-corrected chi connectivity index (χ1v) is 4.59. The van der Waals surface area contributed by atoms with Crippen LogP contribution in [0.1, 0.15) is 0 Å². The van der Waals surface area contributed by atoms with Crippen molar-refractivity contribution in [3.63, 3.8) is 0 Å². The van der Waals surface area contributed by atoms with Crippen LogP contribution in [0, 0.1) is 24.0 Å². The lowest BCUT2D eigenvalue weighted by Gasteiger charge is -2.29. The molecule has 0 fully saturated rings. The van der Waals surface area contributed by atoms with Crippen molar-refractivity contribution in [3.05, 3.63) is 23.8 Å². The molecule has 2 rings (SSSR count). The van der Waals surface area contributed by atoms with Crippen LogP contribution >= 0.6 is 0 Å². The first-order valence-electron chi connectivity index (χ1n) is 4.59. The molecule has 16 heavy (non-hydrogen) atoms. The van der Waals surface area contributed by atoms with Gasteiger partial charge in [-0.25, -0.2) is 8.78 Å². The van der Waals surface area contributed by atoms with E-state index >= 15 is 0 Å². The normalized spacial score (nSPS) is 14.1. The molecule has 82 valence electrons. The summed E-state index contributed by atoms with van der Waals surface area (Å²) in [4.78, 5) is 12.6. The number of hydrogen-bond acceptors (Lipinski definition) is 2. The lowest BCUT2D eigenvalue weighted by Crippen LogP contribution is -2.39. The number of nitrogens with one attached hydrogen (secondary N) is 1. The number of hydrogen-bond donors (Lipinski definition) is 1. The predicted octanol–water partition coefficient (Wildman–Crippen LogP) is 1.36. The van der Waals surface area contributed by atoms with E-state index in [0.717, 1.165) is 6.07 Å². The Kier molecular flexibility index (Phi) is 2.49. The second-order valence-corrected chi connectivity index (χ2v) is 3.37. The topological polar surface area (TPSA) is 32.3 Å². The summed E-state index contributed by atoms with van der Waals surface area (Å²) in [6.07, 6.45) is 5.11. The SMILES string of the molecule is C#CCN1CC(=O)Nc2ccc(F)c(F)c21. The van der Waals surface area contributed by atoms with E-state index in [9.17, 15) is 13.6 Å². The number of carbonyl (C=O) groups is 1. The van der Waals surface area contributed by atoms with E-state index in [1.807, 2.05) is 0 Å². The van der Waals surface area contributed by atoms with Gasteiger partial charge in [-0.3, -0.25) is 4.79 Å². The highest BCUT2D eigenvalue weighted by atomic mass is 19.2. The zero-order valence-electron chi connectivity index (χ0n) is 8.26. The van der Waals surface area contributed by atoms with Crippen LogP contribution in [-0.4, -0.2) is 19.0 Å². The molecule has 5 heteroatoms. The van der Waals surface area contributed by atoms with E-state index in [-0.39, 0.29) is 30.4 Å². The molecule has 1 aromatic rings. The molecule has 0 atom stereocenters. The van der Waals surface area contributed by atoms with Gasteiger partial charge in [0.15, 0.2) is 11.6 Å². The minimum Gasteiger partial charge on any atom is -0.347 e. The minimum absolute atomic E-state index is 0.0116. The molecule has 0 aromatic heterocycles. The molecule has 0 spiro atoms. The summed E-state index contributed by atoms with van der Waals surface area (Å²) in [7, 11) is 0. The zero-order chi connectivity index (χ0) is 11.7. The summed E-state index contributed by atoms with van der Waals surface area (Å²) in [6.45, 7) is -0.0155. The van der Waals surface area contributed by atoms with E-state index in [2.05, 4.69) is 11.2 Å². The highest BCUT2D eigenvalue weighted by Gasteiger charge is 2.26. The largest absolute Gasteiger partial charge is 0.347 e. The Bertz CT molecular complexity index is 493. The van der Waals surface area contributed by atoms with Gasteiger partial charge in [0.2, 0.25) is 5.91 Å². The van der Waals surface area contributed by atoms with Gasteiger partial charge < -0.3 is 10.2 Å². The second-order valence-electron chi connectivity index (χ2n) is 3.37. The summed E-state index contributed by atoms with van der Waals surface area (Å²) in [6, 6.07) is 2.28. The van der Waals surface area contributed by atoms with Gasteiger partial charge in [-0.05, 0) is 12.1 Å². The fourth-order valence-corrected chi connectivity index (χ4v) is 1.64. The van der Waals surface area contributed by atoms with Crippen molar-refractivity contribution in [2.75, 3.05) is 23.3 Å². The van der Waals surface area contributed by atoms with E-state index in [4.69, 9.17) is 6.42 Å². The fraction of sp³-hybridized carbons (Fsp3) is 0.182. The molecule has 0 unspecified atom stereocenters. The lowest BCUT2D eigenvalue weighted by atomic mass is 10.1. The third kappa shape index (κ3) is 1.58. The summed E-state index contributed by atoms with van der Waals surface area (Å²) < 4.78 is 26.6. The Balaban J connectivity index is 2.54. The van der Waals surface area contributed by atoms with Gasteiger partial charge in [0, 0.05) is 0 Å². The van der Waals surface area contributed by atoms with Gasteiger partial charge in [0.05, 0.1) is 18.8 Å². The van der Waals surface area contributed by atoms with Crippen LogP contribution in [-0.2, 0) is 4.79 Å². The first-order chi connectivity index (χ1) is 7.63. The molecule has 0 saturated carbocycles. The number of carbonyl (C=O) groups excluding carboxylic acids is 1. The number of nitrogens with zero attached hydrogens (tertiary/aromatic N) is 1. The van der Waals surface area contributed by atoms with Crippen LogP contribution in [0.2, 0.25) is 0 Å². The van der Waals surface area contributed by atoms with Crippen molar-refractivity contribution < 1.29 is 13.6 Å². The third-order valence-corrected chi connectivity index (χ3v) is 2.28. The molecule has 1 amide bonds. The van der Waals surface area contributed by atoms with Crippen LogP contribution in [0.4, 0.5) is 20.2 Å². The molecule has 0 radical (unpaired) electrons. The lowest BCUT2D eigenvalue weighted by molar-refractivity contribution is -0.115. The summed E-state index contributed by atoms with van der Waals surface area (Å²) in [5.41, 5.74) is 0.253. The van der Waals surface area contributed by atoms with Crippen molar-refractivity contribution >= 4 is 17.3 Å². The average Bonchev–Trinajstić information content (AvgIpc) is 2.23. The molecular weight excluding hydrogens is 214 g/mol. The fourth-order valence-electron chi connectivity index (χ4n) is 1.64. The predicted molar refractivity (Wildman–Crippen MR) is 56.0 cm³/mol. The van der Waals surface area contributed by atoms with Gasteiger partial charge in [-0.1, -0.05) is 5.92 Å². The number of amides is 1. The summed E-state index contributed by atoms with van der Waals surface area (Å²) >= 11 is 0. The molecule has 0 bridgehead atoms. The molecular formula is C11H8F2N2O. The maximum Gasteiger partial charge on any atom is 0.243 e. The maximum absolute atomic E-state index is 13.5. The van der Waals surface area contributed by atoms with Crippen LogP contribution in [0.15, 0.2) is 12.1 Å². The Morgan fingerprint density at radius 2 is 2.25 bits per heavy atom. The summed E-state index contributed by atoms with van der Waals surface area (Å²) in [5, 5.41) is 2.46. The molecule has 1 heterocycles. The number of terminal acetylenes is 1. The quantitative estimate of drug-likeness (QED) is 0.727. The number of halogens is 2. The number of anilines is 2. The Morgan fingerprint density at radius 3 is 2.94 bits per heavy atom. The first kappa shape index (κ1) is 10.4. The molecule has 1 aliphatic heterocycles. The number of fused-ring (bicyclic) bond motifs is 1. The van der Waals surface area contributed by atoms with E-state index in [1.165, 1.54) is 11.0 Å². The molecule has 1 aromatic carbocycles. The second kappa shape index (κ2) is 3.81. The smallest absolute Gasteiger partial charge is 0.243 e. The Morgan fingerprint density at radius 1 is 1.50 bits per heavy atom. The molecule has 0 saturated heterocycles. The Hall–Kier alpha value is -2.09. The van der Waals surface area contributed by atoms with E-state index in [1.54, 1.807) is 0 Å². The van der Waals surface area contributed by atoms with Crippen LogP contribution < -0.4 is 10.2 Å². The van der Waals surface area contributed by atoms with Crippen LogP contribution in [0.5, 0.6) is 0 Å². The van der Waals surface area contributed by atoms with Gasteiger partial charge in [-0.15, -0.1) is 6.42 Å². The standard InChI is InChI=1S/C11H8F2N2O/c1-2-5-15-6-9(16)14-8-4-3-7(12)10(13)11(8)15/h1,3-4H,5-6H2,(H,14,16). The number of benzene rings is 1. The maximum atomic E-state index is 13.5. The van der Waals surface area contributed by atoms with E-state index < -0.39 is 11.6 Å². The summed E-state index contributed by atoms with van der Waals surface area (Å²) in [5.74, 6) is 0.0509. The minimum atomic E-state index is -0.993. The Labute approximate surface area is 91.1 Å². The van der Waals surface area contributed by atoms with Gasteiger partial charge in [0.25, 0.3) is 0 Å². The number of rotatable bonds is 1. The van der Waals surface area contributed by atoms with Crippen LogP contribution in [0.3, 0.4) is 0 Å². The monoisotopic (exact) mass is 222 g/mol. The van der Waals surface area contributed by atoms with Gasteiger partial charge >= 0.3 is 0 Å². The van der Waals surface area contributed by atoms with Crippen molar-refractivity contribution in [1.82, 2.24) is 0 Å². The molecule has 1 N–H and O–H groups in total. The van der Waals surface area contributed by atoms with Crippen LogP contribution in [0.25, 0.3) is 0 Å². The highest BCUT2D eigenvalue weighted by Crippen LogP contribution is 2.33. The average molecular weight is 222 g/mol.